The quantitative estimate of drug-likeness (QED) is 0.190. The van der Waals surface area contributed by atoms with Gasteiger partial charge in [0.15, 0.2) is 6.10 Å². The number of carbonyl (C=O) groups excluding carboxylic acids is 7. The van der Waals surface area contributed by atoms with Gasteiger partial charge in [-0.15, -0.1) is 0 Å². The number of cyclic esters (lactones) is 2. The van der Waals surface area contributed by atoms with E-state index in [1.165, 1.54) is 24.0 Å². The Morgan fingerprint density at radius 2 is 1.57 bits per heavy atom. The van der Waals surface area contributed by atoms with Crippen molar-refractivity contribution in [1.29, 1.82) is 0 Å². The van der Waals surface area contributed by atoms with Crippen LogP contribution in [0.25, 0.3) is 0 Å². The molecule has 5 N–H and O–H groups in total. The summed E-state index contributed by atoms with van der Waals surface area (Å²) >= 11 is 0. The number of methoxy groups -OCH3 is 1. The van der Waals surface area contributed by atoms with Crippen LogP contribution in [-0.2, 0) is 49.5 Å². The van der Waals surface area contributed by atoms with Gasteiger partial charge in [-0.2, -0.15) is 0 Å². The molecule has 3 rings (SSSR count). The third-order valence-corrected chi connectivity index (χ3v) is 11.2. The van der Waals surface area contributed by atoms with Crippen molar-refractivity contribution in [2.24, 2.45) is 23.7 Å². The molecule has 0 bridgehead atoms. The summed E-state index contributed by atoms with van der Waals surface area (Å²) in [5.74, 6) is -5.22. The van der Waals surface area contributed by atoms with E-state index in [1.54, 1.807) is 59.0 Å². The summed E-state index contributed by atoms with van der Waals surface area (Å²) in [7, 11) is 4.59. The largest absolute Gasteiger partial charge is 0.497 e. The molecule has 0 radical (unpaired) electrons. The fourth-order valence-electron chi connectivity index (χ4n) is 7.68. The van der Waals surface area contributed by atoms with Crippen molar-refractivity contribution in [3.8, 4) is 5.75 Å². The van der Waals surface area contributed by atoms with Crippen molar-refractivity contribution in [3.63, 3.8) is 0 Å². The predicted molar refractivity (Wildman–Crippen MR) is 227 cm³/mol. The molecule has 2 fully saturated rings. The zero-order valence-corrected chi connectivity index (χ0v) is 37.8. The van der Waals surface area contributed by atoms with Crippen LogP contribution >= 0.6 is 0 Å². The second-order valence-corrected chi connectivity index (χ2v) is 17.8. The Bertz CT molecular complexity index is 1670. The molecule has 0 spiro atoms. The second kappa shape index (κ2) is 23.4. The Morgan fingerprint density at radius 3 is 2.13 bits per heavy atom. The zero-order valence-electron chi connectivity index (χ0n) is 37.8. The molecule has 5 amide bonds. The molecule has 2 saturated heterocycles. The fourth-order valence-corrected chi connectivity index (χ4v) is 7.68. The van der Waals surface area contributed by atoms with Crippen molar-refractivity contribution in [2.75, 3.05) is 34.4 Å². The van der Waals surface area contributed by atoms with Gasteiger partial charge >= 0.3 is 11.9 Å². The van der Waals surface area contributed by atoms with E-state index in [0.717, 1.165) is 0 Å². The van der Waals surface area contributed by atoms with Crippen molar-refractivity contribution in [1.82, 2.24) is 31.1 Å². The Morgan fingerprint density at radius 1 is 0.918 bits per heavy atom. The highest BCUT2D eigenvalue weighted by atomic mass is 16.6. The highest BCUT2D eigenvalue weighted by Gasteiger charge is 2.43. The lowest BCUT2D eigenvalue weighted by atomic mass is 9.95. The maximum atomic E-state index is 14.5. The number of fused-ring (bicyclic) bond motifs is 1. The Labute approximate surface area is 360 Å². The first kappa shape index (κ1) is 50.6. The minimum absolute atomic E-state index is 0.0105. The number of nitrogens with one attached hydrogen (secondary N) is 4. The number of carbonyl (C=O) groups is 7. The highest BCUT2D eigenvalue weighted by Crippen LogP contribution is 2.25. The van der Waals surface area contributed by atoms with E-state index < -0.39 is 115 Å². The van der Waals surface area contributed by atoms with Crippen molar-refractivity contribution >= 4 is 41.5 Å². The van der Waals surface area contributed by atoms with E-state index >= 15 is 0 Å². The van der Waals surface area contributed by atoms with Gasteiger partial charge in [-0.3, -0.25) is 28.8 Å². The number of hydrogen-bond donors (Lipinski definition) is 5. The second-order valence-electron chi connectivity index (χ2n) is 17.8. The summed E-state index contributed by atoms with van der Waals surface area (Å²) in [6.45, 7) is 14.0. The monoisotopic (exact) mass is 859 g/mol. The number of amides is 5. The standard InChI is InChI=1S/C44H70N6O11/c1-24(2)19-30(45-9)39(53)47-32-23-60-44(58)34(21-28-14-16-29(59-11)17-15-28)49(10)43(57)33-13-12-18-50(33)42(56)31(20-25(3)4)46-41(55)38(27(7)8)61-36(52)22-35(51)37(26(5)6)48-40(32)54/h14-17,24-27,30-35,37-38,45,51H,12-13,18-23H2,1-11H3,(H,46,55)(H,47,53)(H,48,54)/t30-,31+,32+,33+,34+,35+,37-,38+/m1/s1. The first-order valence-corrected chi connectivity index (χ1v) is 21.5. The molecule has 2 aliphatic rings. The molecule has 8 atom stereocenters. The fraction of sp³-hybridized carbons (Fsp3) is 0.705. The number of benzene rings is 1. The van der Waals surface area contributed by atoms with E-state index in [9.17, 15) is 38.7 Å². The van der Waals surface area contributed by atoms with Crippen molar-refractivity contribution in [2.45, 2.75) is 142 Å². The smallest absolute Gasteiger partial charge is 0.329 e. The van der Waals surface area contributed by atoms with Crippen LogP contribution in [0.15, 0.2) is 24.3 Å². The Balaban J connectivity index is 2.15. The molecule has 2 aliphatic heterocycles. The molecular weight excluding hydrogens is 789 g/mol. The molecule has 0 aliphatic carbocycles. The summed E-state index contributed by atoms with van der Waals surface area (Å²) < 4.78 is 16.8. The van der Waals surface area contributed by atoms with E-state index in [2.05, 4.69) is 21.3 Å². The molecule has 0 unspecified atom stereocenters. The molecular formula is C44H70N6O11. The van der Waals surface area contributed by atoms with Gasteiger partial charge < -0.3 is 50.4 Å². The average molecular weight is 859 g/mol. The van der Waals surface area contributed by atoms with Gasteiger partial charge in [0.2, 0.25) is 23.6 Å². The molecule has 0 saturated carbocycles. The molecule has 1 aromatic carbocycles. The van der Waals surface area contributed by atoms with Gasteiger partial charge in [-0.25, -0.2) is 4.79 Å². The molecule has 17 nitrogen and oxygen atoms in total. The van der Waals surface area contributed by atoms with Crippen molar-refractivity contribution < 1.29 is 52.9 Å². The third-order valence-electron chi connectivity index (χ3n) is 11.2. The molecule has 342 valence electrons. The molecule has 1 aromatic rings. The lowest BCUT2D eigenvalue weighted by molar-refractivity contribution is -0.161. The van der Waals surface area contributed by atoms with Gasteiger partial charge in [0.25, 0.3) is 5.91 Å². The van der Waals surface area contributed by atoms with Gasteiger partial charge in [0.05, 0.1) is 31.7 Å². The van der Waals surface area contributed by atoms with E-state index in [1.807, 2.05) is 27.7 Å². The first-order chi connectivity index (χ1) is 28.7. The highest BCUT2D eigenvalue weighted by molar-refractivity contribution is 5.95. The van der Waals surface area contributed by atoms with E-state index in [4.69, 9.17) is 14.2 Å². The summed E-state index contributed by atoms with van der Waals surface area (Å²) in [5.41, 5.74) is 0.658. The lowest BCUT2D eigenvalue weighted by Crippen LogP contribution is -2.58. The van der Waals surface area contributed by atoms with Crippen LogP contribution in [0.5, 0.6) is 5.75 Å². The maximum Gasteiger partial charge on any atom is 0.329 e. The normalized spacial score (nSPS) is 26.1. The minimum Gasteiger partial charge on any atom is -0.497 e. The molecule has 61 heavy (non-hydrogen) atoms. The van der Waals surface area contributed by atoms with Crippen LogP contribution < -0.4 is 26.0 Å². The topological polar surface area (TPSA) is 222 Å². The summed E-state index contributed by atoms with van der Waals surface area (Å²) in [4.78, 5) is 101. The number of nitrogens with zero attached hydrogens (tertiary/aromatic N) is 2. The maximum absolute atomic E-state index is 14.5. The van der Waals surface area contributed by atoms with Gasteiger partial charge in [0.1, 0.15) is 36.5 Å². The SMILES string of the molecule is CN[C@H](CC(C)C)C(=O)N[C@H]1COC(=O)[C@H](Cc2ccc(OC)cc2)N(C)C(=O)[C@@H]2CCCN2C(=O)[C@H](CC(C)C)NC(=O)[C@H](C(C)C)OC(=O)C[C@H](O)[C@@H](C(C)C)NC1=O. The Kier molecular flexibility index (Phi) is 19.4. The predicted octanol–water partition coefficient (Wildman–Crippen LogP) is 1.72. The van der Waals surface area contributed by atoms with Crippen LogP contribution in [0.4, 0.5) is 0 Å². The van der Waals surface area contributed by atoms with Crippen LogP contribution in [-0.4, -0.2) is 139 Å². The number of aliphatic hydroxyl groups excluding tert-OH is 1. The van der Waals surface area contributed by atoms with Gasteiger partial charge in [-0.1, -0.05) is 67.5 Å². The van der Waals surface area contributed by atoms with Crippen LogP contribution in [0.3, 0.4) is 0 Å². The third kappa shape index (κ3) is 14.4. The number of esters is 2. The molecule has 17 heteroatoms. The van der Waals surface area contributed by atoms with E-state index in [-0.39, 0.29) is 31.2 Å². The minimum atomic E-state index is -1.50. The van der Waals surface area contributed by atoms with E-state index in [0.29, 0.717) is 30.6 Å². The van der Waals surface area contributed by atoms with Crippen LogP contribution in [0, 0.1) is 23.7 Å². The Hall–Kier alpha value is -4.77. The summed E-state index contributed by atoms with van der Waals surface area (Å²) in [6.07, 6.45) is -2.02. The van der Waals surface area contributed by atoms with Crippen LogP contribution in [0.1, 0.15) is 93.1 Å². The number of rotatable bonds is 12. The molecule has 2 heterocycles. The average Bonchev–Trinajstić information content (AvgIpc) is 3.69. The number of hydrogen-bond acceptors (Lipinski definition) is 12. The number of ether oxygens (including phenoxy) is 3. The lowest BCUT2D eigenvalue weighted by Gasteiger charge is -2.34. The van der Waals surface area contributed by atoms with Gasteiger partial charge in [-0.05, 0) is 74.1 Å². The summed E-state index contributed by atoms with van der Waals surface area (Å²) in [5, 5.41) is 22.6. The van der Waals surface area contributed by atoms with Crippen LogP contribution in [0.2, 0.25) is 0 Å². The zero-order chi connectivity index (χ0) is 45.7. The number of likely N-dealkylation sites (N-methyl/N-ethyl adjacent to an activating group) is 2. The molecule has 0 aromatic heterocycles. The summed E-state index contributed by atoms with van der Waals surface area (Å²) in [6, 6.07) is 0.396. The number of aliphatic hydroxyl groups is 1. The first-order valence-electron chi connectivity index (χ1n) is 21.5. The van der Waals surface area contributed by atoms with Crippen molar-refractivity contribution in [3.05, 3.63) is 29.8 Å². The van der Waals surface area contributed by atoms with Gasteiger partial charge in [0, 0.05) is 20.0 Å².